The smallest absolute Gasteiger partial charge is 0.480 e. The van der Waals surface area contributed by atoms with Crippen LogP contribution in [0.25, 0.3) is 28.1 Å². The van der Waals surface area contributed by atoms with Crippen molar-refractivity contribution in [2.45, 2.75) is 37.8 Å². The molecule has 1 atom stereocenters. The maximum atomic E-state index is 14.4. The summed E-state index contributed by atoms with van der Waals surface area (Å²) in [6.45, 7) is 0. The van der Waals surface area contributed by atoms with Crippen LogP contribution in [0.5, 0.6) is 5.88 Å². The van der Waals surface area contributed by atoms with Gasteiger partial charge in [-0.25, -0.2) is 14.4 Å². The van der Waals surface area contributed by atoms with Gasteiger partial charge in [0, 0.05) is 18.0 Å². The van der Waals surface area contributed by atoms with Crippen molar-refractivity contribution >= 4 is 28.1 Å². The van der Waals surface area contributed by atoms with Crippen LogP contribution < -0.4 is 15.4 Å². The normalized spacial score (nSPS) is 18.0. The van der Waals surface area contributed by atoms with E-state index in [1.54, 1.807) is 35.0 Å². The second-order valence-electron chi connectivity index (χ2n) is 9.31. The fourth-order valence-electron chi connectivity index (χ4n) is 4.56. The topological polar surface area (TPSA) is 73.6 Å². The van der Waals surface area contributed by atoms with Gasteiger partial charge in [-0.2, -0.15) is 0 Å². The number of anilines is 2. The summed E-state index contributed by atoms with van der Waals surface area (Å²) in [4.78, 5) is 13.9. The van der Waals surface area contributed by atoms with Crippen molar-refractivity contribution in [3.05, 3.63) is 78.1 Å². The van der Waals surface area contributed by atoms with Crippen molar-refractivity contribution < 1.29 is 27.0 Å². The van der Waals surface area contributed by atoms with E-state index in [0.29, 0.717) is 50.7 Å². The minimum Gasteiger partial charge on any atom is -0.480 e. The van der Waals surface area contributed by atoms with Crippen molar-refractivity contribution in [3.63, 3.8) is 0 Å². The number of alkyl halides is 3. The van der Waals surface area contributed by atoms with Crippen LogP contribution in [0.4, 0.5) is 28.9 Å². The predicted molar refractivity (Wildman–Crippen MR) is 138 cm³/mol. The summed E-state index contributed by atoms with van der Waals surface area (Å²) in [5.41, 5.74) is 4.11. The van der Waals surface area contributed by atoms with Crippen LogP contribution >= 0.6 is 0 Å². The van der Waals surface area contributed by atoms with Crippen LogP contribution in [0.3, 0.4) is 0 Å². The summed E-state index contributed by atoms with van der Waals surface area (Å²) < 4.78 is 64.0. The Morgan fingerprint density at radius 1 is 1.10 bits per heavy atom. The molecule has 4 aliphatic rings. The molecule has 7 nitrogen and oxygen atoms in total. The Labute approximate surface area is 220 Å². The molecular formula is C28H23F4N5O2. The van der Waals surface area contributed by atoms with Gasteiger partial charge in [-0.15, -0.1) is 13.2 Å². The van der Waals surface area contributed by atoms with Gasteiger partial charge in [0.1, 0.15) is 11.5 Å². The molecular weight excluding hydrogens is 514 g/mol. The Balaban J connectivity index is 1.53. The van der Waals surface area contributed by atoms with Crippen LogP contribution in [0.2, 0.25) is 0 Å². The summed E-state index contributed by atoms with van der Waals surface area (Å²) in [5.74, 6) is -0.0407. The molecule has 1 aromatic carbocycles. The highest BCUT2D eigenvalue weighted by Crippen LogP contribution is 2.34. The van der Waals surface area contributed by atoms with E-state index in [4.69, 9.17) is 14.7 Å². The molecule has 11 heteroatoms. The molecule has 0 spiro atoms. The molecule has 2 aromatic rings. The zero-order valence-corrected chi connectivity index (χ0v) is 20.7. The minimum atomic E-state index is -4.74. The van der Waals surface area contributed by atoms with E-state index in [1.165, 1.54) is 25.3 Å². The molecule has 1 aliphatic heterocycles. The fourth-order valence-corrected chi connectivity index (χ4v) is 4.56. The molecule has 1 fully saturated rings. The number of fused-ring (bicyclic) bond motifs is 2. The highest BCUT2D eigenvalue weighted by atomic mass is 19.4. The molecule has 1 aromatic heterocycles. The lowest BCUT2D eigenvalue weighted by atomic mass is 10.1. The lowest BCUT2D eigenvalue weighted by Gasteiger charge is -2.24. The molecule has 1 unspecified atom stereocenters. The second-order valence-corrected chi connectivity index (χ2v) is 9.31. The van der Waals surface area contributed by atoms with Gasteiger partial charge < -0.3 is 14.6 Å². The number of pyridine rings is 1. The Bertz CT molecular complexity index is 1660. The van der Waals surface area contributed by atoms with Crippen LogP contribution in [-0.2, 0) is 4.74 Å². The van der Waals surface area contributed by atoms with E-state index in [2.05, 4.69) is 15.0 Å². The number of nitrogens with one attached hydrogen (secondary N) is 1. The Kier molecular flexibility index (Phi) is 6.30. The second kappa shape index (κ2) is 9.81. The highest BCUT2D eigenvalue weighted by molar-refractivity contribution is 5.87. The van der Waals surface area contributed by atoms with Crippen molar-refractivity contribution in [2.24, 2.45) is 4.99 Å². The summed E-state index contributed by atoms with van der Waals surface area (Å²) in [5, 5.41) is 4.03. The third kappa shape index (κ3) is 5.35. The van der Waals surface area contributed by atoms with Crippen LogP contribution in [0.15, 0.2) is 71.9 Å². The molecule has 39 heavy (non-hydrogen) atoms. The van der Waals surface area contributed by atoms with Gasteiger partial charge in [-0.3, -0.25) is 9.73 Å². The summed E-state index contributed by atoms with van der Waals surface area (Å²) in [6.07, 6.45) is 2.24. The highest BCUT2D eigenvalue weighted by Gasteiger charge is 2.33. The largest absolute Gasteiger partial charge is 0.523 e. The summed E-state index contributed by atoms with van der Waals surface area (Å²) >= 11 is 0. The molecule has 6 rings (SSSR count). The first kappa shape index (κ1) is 25.1. The van der Waals surface area contributed by atoms with Crippen LogP contribution in [0.1, 0.15) is 19.3 Å². The van der Waals surface area contributed by atoms with Gasteiger partial charge in [0.15, 0.2) is 0 Å². The molecule has 3 aliphatic carbocycles. The summed E-state index contributed by atoms with van der Waals surface area (Å²) in [7, 11) is 1.54. The number of allylic oxidation sites excluding steroid dienone is 2. The molecule has 2 heterocycles. The van der Waals surface area contributed by atoms with Crippen molar-refractivity contribution in [1.29, 1.82) is 0 Å². The molecule has 0 amide bonds. The van der Waals surface area contributed by atoms with Crippen LogP contribution in [-0.4, -0.2) is 40.2 Å². The fraction of sp³-hybridized carbons (Fsp3) is 0.250. The quantitative estimate of drug-likeness (QED) is 0.234. The number of hydrogen-bond donors (Lipinski definition) is 1. The number of rotatable bonds is 6. The van der Waals surface area contributed by atoms with Gasteiger partial charge in [-0.05, 0) is 61.7 Å². The molecule has 1 saturated carbocycles. The first-order chi connectivity index (χ1) is 18.8. The lowest BCUT2D eigenvalue weighted by Crippen LogP contribution is -2.23. The SMILES string of the molecule is COc1ncccc1Nc1cc2nc3ccc(F)cc3n(C3=CCC(OC(F)(F)F)C=C3)c-2c/c1=N\C1CC1. The maximum absolute atomic E-state index is 14.4. The average molecular weight is 538 g/mol. The van der Waals surface area contributed by atoms with Gasteiger partial charge in [-0.1, -0.05) is 12.2 Å². The van der Waals surface area contributed by atoms with Gasteiger partial charge in [0.25, 0.3) is 0 Å². The van der Waals surface area contributed by atoms with E-state index >= 15 is 0 Å². The first-order valence-electron chi connectivity index (χ1n) is 12.4. The van der Waals surface area contributed by atoms with E-state index in [9.17, 15) is 17.6 Å². The standard InChI is InChI=1S/C28H23F4N5O2/c1-38-27-21(3-2-12-33-27)36-22-14-24-26(15-23(22)34-17-5-6-17)37(25-13-16(29)4-11-20(25)35-24)18-7-9-19(10-8-18)39-28(30,31)32/h2-4,7-9,11-15,17,19,36H,5-6,10H2,1H3/b34-23+. The van der Waals surface area contributed by atoms with Crippen molar-refractivity contribution in [2.75, 3.05) is 12.4 Å². The first-order valence-corrected chi connectivity index (χ1v) is 12.4. The van der Waals surface area contributed by atoms with Crippen molar-refractivity contribution in [3.8, 4) is 17.3 Å². The molecule has 200 valence electrons. The van der Waals surface area contributed by atoms with Crippen molar-refractivity contribution in [1.82, 2.24) is 14.5 Å². The van der Waals surface area contributed by atoms with E-state index < -0.39 is 18.3 Å². The predicted octanol–water partition coefficient (Wildman–Crippen LogP) is 6.20. The monoisotopic (exact) mass is 537 g/mol. The third-order valence-corrected chi connectivity index (χ3v) is 6.44. The van der Waals surface area contributed by atoms with Gasteiger partial charge in [0.2, 0.25) is 5.88 Å². The number of nitrogens with zero attached hydrogens (tertiary/aromatic N) is 4. The zero-order valence-electron chi connectivity index (χ0n) is 20.7. The zero-order chi connectivity index (χ0) is 27.1. The van der Waals surface area contributed by atoms with Gasteiger partial charge >= 0.3 is 6.36 Å². The molecule has 0 radical (unpaired) electrons. The minimum absolute atomic E-state index is 0.00127. The maximum Gasteiger partial charge on any atom is 0.523 e. The Hall–Kier alpha value is -4.25. The molecule has 1 N–H and O–H groups in total. The number of hydrogen-bond acceptors (Lipinski definition) is 6. The van der Waals surface area contributed by atoms with Gasteiger partial charge in [0.05, 0.1) is 52.7 Å². The number of ether oxygens (including phenoxy) is 2. The number of aromatic nitrogens is 3. The number of benzene rings is 2. The average Bonchev–Trinajstić information content (AvgIpc) is 3.72. The van der Waals surface area contributed by atoms with Crippen LogP contribution in [0, 0.1) is 5.82 Å². The Morgan fingerprint density at radius 2 is 1.95 bits per heavy atom. The van der Waals surface area contributed by atoms with E-state index in [-0.39, 0.29) is 12.5 Å². The molecule has 0 saturated heterocycles. The Morgan fingerprint density at radius 3 is 2.67 bits per heavy atom. The van der Waals surface area contributed by atoms with E-state index in [1.807, 2.05) is 18.2 Å². The number of halogens is 4. The molecule has 0 bridgehead atoms. The number of methoxy groups -OCH3 is 1. The lowest BCUT2D eigenvalue weighted by molar-refractivity contribution is -0.335. The summed E-state index contributed by atoms with van der Waals surface area (Å²) in [6, 6.07) is 11.8. The van der Waals surface area contributed by atoms with E-state index in [0.717, 1.165) is 12.8 Å². The third-order valence-electron chi connectivity index (χ3n) is 6.44.